The molecule has 102 valence electrons. The van der Waals surface area contributed by atoms with Gasteiger partial charge in [0.2, 0.25) is 5.91 Å². The number of primary amides is 1. The summed E-state index contributed by atoms with van der Waals surface area (Å²) < 4.78 is 13.5. The van der Waals surface area contributed by atoms with Crippen LogP contribution in [0, 0.1) is 11.7 Å². The van der Waals surface area contributed by atoms with E-state index in [0.29, 0.717) is 17.3 Å². The van der Waals surface area contributed by atoms with Crippen molar-refractivity contribution in [3.8, 4) is 0 Å². The van der Waals surface area contributed by atoms with Crippen LogP contribution in [-0.4, -0.2) is 29.0 Å². The number of nitrogens with one attached hydrogen (secondary N) is 1. The normalized spacial score (nSPS) is 19.0. The molecule has 0 bridgehead atoms. The maximum atomic E-state index is 13.5. The highest BCUT2D eigenvalue weighted by Crippen LogP contribution is 2.18. The van der Waals surface area contributed by atoms with Gasteiger partial charge in [0.05, 0.1) is 11.6 Å². The van der Waals surface area contributed by atoms with Gasteiger partial charge in [-0.3, -0.25) is 4.79 Å². The molecule has 0 aliphatic carbocycles. The number of hydrogen-bond acceptors (Lipinski definition) is 2. The van der Waals surface area contributed by atoms with Crippen molar-refractivity contribution in [3.05, 3.63) is 30.1 Å². The molecule has 1 aliphatic heterocycles. The molecule has 1 saturated heterocycles. The average molecular weight is 281 g/mol. The van der Waals surface area contributed by atoms with Crippen LogP contribution in [0.4, 0.5) is 10.1 Å². The van der Waals surface area contributed by atoms with E-state index in [0.717, 1.165) is 19.4 Å². The molecule has 1 amide bonds. The van der Waals surface area contributed by atoms with Crippen LogP contribution in [0.15, 0.2) is 24.3 Å². The average Bonchev–Trinajstić information content (AvgIpc) is 2.41. The van der Waals surface area contributed by atoms with E-state index < -0.39 is 0 Å². The highest BCUT2D eigenvalue weighted by Gasteiger charge is 2.25. The van der Waals surface area contributed by atoms with E-state index in [1.807, 2.05) is 4.90 Å². The minimum atomic E-state index is -0.353. The highest BCUT2D eigenvalue weighted by atomic mass is 32.1. The predicted octanol–water partition coefficient (Wildman–Crippen LogP) is 1.72. The molecule has 1 aliphatic rings. The van der Waals surface area contributed by atoms with Crippen molar-refractivity contribution in [1.82, 2.24) is 4.90 Å². The fourth-order valence-corrected chi connectivity index (χ4v) is 2.43. The minimum absolute atomic E-state index is 0.186. The molecule has 1 heterocycles. The van der Waals surface area contributed by atoms with Crippen molar-refractivity contribution >= 4 is 28.9 Å². The summed E-state index contributed by atoms with van der Waals surface area (Å²) >= 11 is 5.25. The highest BCUT2D eigenvalue weighted by molar-refractivity contribution is 7.80. The number of carbonyl (C=O) groups excluding carboxylic acids is 1. The summed E-state index contributed by atoms with van der Waals surface area (Å²) in [7, 11) is 0. The lowest BCUT2D eigenvalue weighted by atomic mass is 9.98. The van der Waals surface area contributed by atoms with E-state index in [1.165, 1.54) is 6.07 Å². The number of benzene rings is 1. The van der Waals surface area contributed by atoms with Crippen molar-refractivity contribution in [1.29, 1.82) is 0 Å². The molecule has 4 nitrogen and oxygen atoms in total. The Hall–Kier alpha value is -1.69. The lowest BCUT2D eigenvalue weighted by Crippen LogP contribution is -2.45. The number of amides is 1. The van der Waals surface area contributed by atoms with Gasteiger partial charge in [0.25, 0.3) is 0 Å². The number of carbonyl (C=O) groups is 1. The fraction of sp³-hybridized carbons (Fsp3) is 0.385. The zero-order valence-electron chi connectivity index (χ0n) is 10.4. The Bertz CT molecular complexity index is 495. The van der Waals surface area contributed by atoms with Crippen molar-refractivity contribution in [2.24, 2.45) is 11.7 Å². The summed E-state index contributed by atoms with van der Waals surface area (Å²) in [6.07, 6.45) is 1.64. The van der Waals surface area contributed by atoms with Gasteiger partial charge in [0.15, 0.2) is 5.11 Å². The molecule has 1 atom stereocenters. The first-order valence-corrected chi connectivity index (χ1v) is 6.58. The van der Waals surface area contributed by atoms with E-state index in [2.05, 4.69) is 5.32 Å². The zero-order chi connectivity index (χ0) is 13.8. The number of halogens is 1. The van der Waals surface area contributed by atoms with Crippen LogP contribution >= 0.6 is 12.2 Å². The van der Waals surface area contributed by atoms with Gasteiger partial charge < -0.3 is 16.0 Å². The molecular weight excluding hydrogens is 265 g/mol. The molecule has 0 saturated carbocycles. The second-order valence-corrected chi connectivity index (χ2v) is 4.98. The van der Waals surface area contributed by atoms with Gasteiger partial charge in [0, 0.05) is 13.1 Å². The van der Waals surface area contributed by atoms with Gasteiger partial charge in [-0.05, 0) is 37.2 Å². The summed E-state index contributed by atoms with van der Waals surface area (Å²) in [5.41, 5.74) is 5.66. The van der Waals surface area contributed by atoms with Gasteiger partial charge in [-0.15, -0.1) is 0 Å². The van der Waals surface area contributed by atoms with Crippen molar-refractivity contribution < 1.29 is 9.18 Å². The molecule has 1 aromatic carbocycles. The number of nitrogens with zero attached hydrogens (tertiary/aromatic N) is 1. The molecular formula is C13H16FN3OS. The first-order valence-electron chi connectivity index (χ1n) is 6.17. The van der Waals surface area contributed by atoms with Gasteiger partial charge in [-0.25, -0.2) is 4.39 Å². The quantitative estimate of drug-likeness (QED) is 0.810. The third-order valence-electron chi connectivity index (χ3n) is 3.23. The Kier molecular flexibility index (Phi) is 4.31. The number of thiocarbonyl (C=S) groups is 1. The zero-order valence-corrected chi connectivity index (χ0v) is 11.3. The van der Waals surface area contributed by atoms with Crippen molar-refractivity contribution in [2.75, 3.05) is 18.4 Å². The summed E-state index contributed by atoms with van der Waals surface area (Å²) in [5.74, 6) is -0.846. The lowest BCUT2D eigenvalue weighted by molar-refractivity contribution is -0.122. The first-order chi connectivity index (χ1) is 9.08. The maximum Gasteiger partial charge on any atom is 0.222 e. The molecule has 6 heteroatoms. The summed E-state index contributed by atoms with van der Waals surface area (Å²) in [5, 5.41) is 3.30. The minimum Gasteiger partial charge on any atom is -0.369 e. The van der Waals surface area contributed by atoms with Crippen molar-refractivity contribution in [3.63, 3.8) is 0 Å². The Morgan fingerprint density at radius 3 is 2.89 bits per heavy atom. The number of para-hydroxylation sites is 1. The number of piperidine rings is 1. The Morgan fingerprint density at radius 1 is 1.47 bits per heavy atom. The molecule has 1 fully saturated rings. The molecule has 0 aromatic heterocycles. The molecule has 19 heavy (non-hydrogen) atoms. The number of anilines is 1. The smallest absolute Gasteiger partial charge is 0.222 e. The van der Waals surface area contributed by atoms with Crippen LogP contribution in [0.5, 0.6) is 0 Å². The summed E-state index contributed by atoms with van der Waals surface area (Å²) in [6, 6.07) is 6.34. The van der Waals surface area contributed by atoms with E-state index >= 15 is 0 Å². The molecule has 0 unspecified atom stereocenters. The van der Waals surface area contributed by atoms with Gasteiger partial charge in [-0.1, -0.05) is 12.1 Å². The Labute approximate surface area is 116 Å². The monoisotopic (exact) mass is 281 g/mol. The largest absolute Gasteiger partial charge is 0.369 e. The molecule has 3 N–H and O–H groups in total. The topological polar surface area (TPSA) is 58.4 Å². The Morgan fingerprint density at radius 2 is 2.21 bits per heavy atom. The summed E-state index contributed by atoms with van der Waals surface area (Å²) in [6.45, 7) is 1.25. The van der Waals surface area contributed by atoms with Gasteiger partial charge >= 0.3 is 0 Å². The van der Waals surface area contributed by atoms with Crippen LogP contribution in [0.25, 0.3) is 0 Å². The van der Waals surface area contributed by atoms with E-state index in [1.54, 1.807) is 18.2 Å². The summed E-state index contributed by atoms with van der Waals surface area (Å²) in [4.78, 5) is 13.1. The van der Waals surface area contributed by atoms with Crippen LogP contribution in [0.1, 0.15) is 12.8 Å². The van der Waals surface area contributed by atoms with Gasteiger partial charge in [0.1, 0.15) is 5.82 Å². The molecule has 0 spiro atoms. The van der Waals surface area contributed by atoms with Gasteiger partial charge in [-0.2, -0.15) is 0 Å². The number of hydrogen-bond donors (Lipinski definition) is 2. The van der Waals surface area contributed by atoms with E-state index in [9.17, 15) is 9.18 Å². The van der Waals surface area contributed by atoms with E-state index in [-0.39, 0.29) is 17.6 Å². The van der Waals surface area contributed by atoms with Crippen molar-refractivity contribution in [2.45, 2.75) is 12.8 Å². The van der Waals surface area contributed by atoms with Crippen LogP contribution in [0.3, 0.4) is 0 Å². The van der Waals surface area contributed by atoms with E-state index in [4.69, 9.17) is 18.0 Å². The van der Waals surface area contributed by atoms with Crippen LogP contribution in [-0.2, 0) is 4.79 Å². The fourth-order valence-electron chi connectivity index (χ4n) is 2.15. The molecule has 2 rings (SSSR count). The number of nitrogens with two attached hydrogens (primary N) is 1. The van der Waals surface area contributed by atoms with Crippen LogP contribution < -0.4 is 11.1 Å². The number of likely N-dealkylation sites (tertiary alicyclic amines) is 1. The second-order valence-electron chi connectivity index (χ2n) is 4.60. The standard InChI is InChI=1S/C13H16FN3OS/c14-10-5-1-2-6-11(10)16-13(19)17-7-3-4-9(8-17)12(15)18/h1-2,5-6,9H,3-4,7-8H2,(H2,15,18)(H,16,19)/t9-/m0/s1. The third kappa shape index (κ3) is 3.41. The Balaban J connectivity index is 2.00. The molecule has 0 radical (unpaired) electrons. The van der Waals surface area contributed by atoms with Crippen LogP contribution in [0.2, 0.25) is 0 Å². The third-order valence-corrected chi connectivity index (χ3v) is 3.59. The molecule has 1 aromatic rings. The predicted molar refractivity (Wildman–Crippen MR) is 76.1 cm³/mol. The second kappa shape index (κ2) is 5.97. The lowest BCUT2D eigenvalue weighted by Gasteiger charge is -2.33. The number of rotatable bonds is 2. The SMILES string of the molecule is NC(=O)[C@H]1CCCN(C(=S)Nc2ccccc2F)C1. The maximum absolute atomic E-state index is 13.5. The first kappa shape index (κ1) is 13.7.